The number of amides is 2. The minimum absolute atomic E-state index is 0.156. The molecule has 0 bridgehead atoms. The van der Waals surface area contributed by atoms with Gasteiger partial charge in [-0.1, -0.05) is 19.9 Å². The SMILES string of the molecule is CCOc1cc(/C=C2/SC(=O)N(CC(=O)OCC(C)C)C2=O)ccc1OC(C)=O. The molecule has 9 heteroatoms. The van der Waals surface area contributed by atoms with Crippen LogP contribution in [-0.2, 0) is 19.1 Å². The van der Waals surface area contributed by atoms with Crippen LogP contribution in [0.25, 0.3) is 6.08 Å². The van der Waals surface area contributed by atoms with E-state index in [1.165, 1.54) is 13.0 Å². The van der Waals surface area contributed by atoms with E-state index in [0.717, 1.165) is 16.7 Å². The summed E-state index contributed by atoms with van der Waals surface area (Å²) >= 11 is 0.742. The predicted molar refractivity (Wildman–Crippen MR) is 107 cm³/mol. The Labute approximate surface area is 173 Å². The summed E-state index contributed by atoms with van der Waals surface area (Å²) < 4.78 is 15.6. The van der Waals surface area contributed by atoms with Crippen molar-refractivity contribution in [3.8, 4) is 11.5 Å². The Morgan fingerprint density at radius 2 is 1.93 bits per heavy atom. The Hall–Kier alpha value is -2.81. The standard InChI is InChI=1S/C20H23NO7S/c1-5-26-16-8-14(6-7-15(16)28-13(4)22)9-17-19(24)21(20(25)29-17)10-18(23)27-11-12(2)3/h6-9,12H,5,10-11H2,1-4H3/b17-9+. The van der Waals surface area contributed by atoms with E-state index in [0.29, 0.717) is 17.9 Å². The number of nitrogens with zero attached hydrogens (tertiary/aromatic N) is 1. The number of imide groups is 1. The van der Waals surface area contributed by atoms with E-state index in [2.05, 4.69) is 0 Å². The molecule has 0 unspecified atom stereocenters. The maximum atomic E-state index is 12.5. The van der Waals surface area contributed by atoms with Crippen LogP contribution in [-0.4, -0.2) is 47.7 Å². The molecule has 1 heterocycles. The van der Waals surface area contributed by atoms with Gasteiger partial charge < -0.3 is 14.2 Å². The number of hydrogen-bond acceptors (Lipinski definition) is 8. The molecule has 1 aliphatic heterocycles. The maximum Gasteiger partial charge on any atom is 0.326 e. The molecule has 1 fully saturated rings. The summed E-state index contributed by atoms with van der Waals surface area (Å²) in [6.45, 7) is 7.00. The first-order valence-corrected chi connectivity index (χ1v) is 9.89. The third-order valence-corrected chi connectivity index (χ3v) is 4.46. The van der Waals surface area contributed by atoms with Crippen LogP contribution in [0.5, 0.6) is 11.5 Å². The number of rotatable bonds is 8. The zero-order valence-electron chi connectivity index (χ0n) is 16.7. The second-order valence-corrected chi connectivity index (χ2v) is 7.57. The van der Waals surface area contributed by atoms with E-state index in [1.54, 1.807) is 25.1 Å². The molecule has 8 nitrogen and oxygen atoms in total. The molecule has 0 saturated carbocycles. The highest BCUT2D eigenvalue weighted by Crippen LogP contribution is 2.34. The lowest BCUT2D eigenvalue weighted by Gasteiger charge is -2.12. The van der Waals surface area contributed by atoms with Gasteiger partial charge in [-0.05, 0) is 48.4 Å². The van der Waals surface area contributed by atoms with Gasteiger partial charge >= 0.3 is 11.9 Å². The van der Waals surface area contributed by atoms with Crippen LogP contribution in [0.4, 0.5) is 4.79 Å². The average molecular weight is 421 g/mol. The van der Waals surface area contributed by atoms with Gasteiger partial charge in [0.2, 0.25) is 0 Å². The molecular formula is C20H23NO7S. The number of carbonyl (C=O) groups excluding carboxylic acids is 4. The first-order chi connectivity index (χ1) is 13.7. The number of hydrogen-bond donors (Lipinski definition) is 0. The van der Waals surface area contributed by atoms with E-state index < -0.39 is 29.6 Å². The average Bonchev–Trinajstić information content (AvgIpc) is 2.89. The van der Waals surface area contributed by atoms with Crippen molar-refractivity contribution in [2.75, 3.05) is 19.8 Å². The Kier molecular flexibility index (Phi) is 7.83. The molecule has 0 spiro atoms. The van der Waals surface area contributed by atoms with Gasteiger partial charge in [-0.2, -0.15) is 0 Å². The van der Waals surface area contributed by atoms with E-state index in [4.69, 9.17) is 14.2 Å². The van der Waals surface area contributed by atoms with Crippen molar-refractivity contribution < 1.29 is 33.4 Å². The topological polar surface area (TPSA) is 99.2 Å². The molecule has 29 heavy (non-hydrogen) atoms. The number of carbonyl (C=O) groups is 4. The lowest BCUT2D eigenvalue weighted by Crippen LogP contribution is -2.34. The monoisotopic (exact) mass is 421 g/mol. The first kappa shape index (κ1) is 22.5. The summed E-state index contributed by atoms with van der Waals surface area (Å²) in [6.07, 6.45) is 1.52. The molecule has 1 aromatic rings. The van der Waals surface area contributed by atoms with Crippen LogP contribution in [0.15, 0.2) is 23.1 Å². The van der Waals surface area contributed by atoms with Crippen molar-refractivity contribution in [1.29, 1.82) is 0 Å². The van der Waals surface area contributed by atoms with Crippen LogP contribution in [0, 0.1) is 5.92 Å². The first-order valence-electron chi connectivity index (χ1n) is 9.07. The van der Waals surface area contributed by atoms with Gasteiger partial charge in [0.1, 0.15) is 6.54 Å². The van der Waals surface area contributed by atoms with Gasteiger partial charge in [0, 0.05) is 6.92 Å². The van der Waals surface area contributed by atoms with Crippen LogP contribution in [0.3, 0.4) is 0 Å². The van der Waals surface area contributed by atoms with Gasteiger partial charge in [-0.15, -0.1) is 0 Å². The predicted octanol–water partition coefficient (Wildman–Crippen LogP) is 3.25. The lowest BCUT2D eigenvalue weighted by molar-refractivity contribution is -0.147. The summed E-state index contributed by atoms with van der Waals surface area (Å²) in [7, 11) is 0. The number of benzene rings is 1. The summed E-state index contributed by atoms with van der Waals surface area (Å²) in [4.78, 5) is 48.7. The van der Waals surface area contributed by atoms with Gasteiger partial charge in [0.25, 0.3) is 11.1 Å². The molecule has 2 amide bonds. The fourth-order valence-corrected chi connectivity index (χ4v) is 3.18. The lowest BCUT2D eigenvalue weighted by atomic mass is 10.2. The summed E-state index contributed by atoms with van der Waals surface area (Å²) in [5.41, 5.74) is 0.581. The molecular weight excluding hydrogens is 398 g/mol. The molecule has 1 saturated heterocycles. The van der Waals surface area contributed by atoms with E-state index in [1.807, 2.05) is 13.8 Å². The Morgan fingerprint density at radius 1 is 1.21 bits per heavy atom. The van der Waals surface area contributed by atoms with E-state index >= 15 is 0 Å². The molecule has 1 aromatic carbocycles. The number of esters is 2. The highest BCUT2D eigenvalue weighted by atomic mass is 32.2. The molecule has 1 aliphatic rings. The van der Waals surface area contributed by atoms with Crippen molar-refractivity contribution in [3.05, 3.63) is 28.7 Å². The van der Waals surface area contributed by atoms with Crippen molar-refractivity contribution in [3.63, 3.8) is 0 Å². The van der Waals surface area contributed by atoms with E-state index in [-0.39, 0.29) is 23.2 Å². The fourth-order valence-electron chi connectivity index (χ4n) is 2.34. The third-order valence-electron chi connectivity index (χ3n) is 3.56. The normalized spacial score (nSPS) is 15.2. The largest absolute Gasteiger partial charge is 0.490 e. The van der Waals surface area contributed by atoms with Gasteiger partial charge in [0.05, 0.1) is 18.1 Å². The zero-order chi connectivity index (χ0) is 21.6. The minimum Gasteiger partial charge on any atom is -0.490 e. The van der Waals surface area contributed by atoms with Crippen LogP contribution < -0.4 is 9.47 Å². The number of ether oxygens (including phenoxy) is 3. The summed E-state index contributed by atoms with van der Waals surface area (Å²) in [6, 6.07) is 4.78. The van der Waals surface area contributed by atoms with Crippen molar-refractivity contribution in [1.82, 2.24) is 4.90 Å². The van der Waals surface area contributed by atoms with Crippen LogP contribution in [0.1, 0.15) is 33.3 Å². The Morgan fingerprint density at radius 3 is 2.55 bits per heavy atom. The van der Waals surface area contributed by atoms with Gasteiger partial charge in [0.15, 0.2) is 11.5 Å². The second kappa shape index (κ2) is 10.1. The molecule has 2 rings (SSSR count). The van der Waals surface area contributed by atoms with E-state index in [9.17, 15) is 19.2 Å². The van der Waals surface area contributed by atoms with Gasteiger partial charge in [-0.25, -0.2) is 0 Å². The highest BCUT2D eigenvalue weighted by Gasteiger charge is 2.36. The van der Waals surface area contributed by atoms with Crippen molar-refractivity contribution in [2.45, 2.75) is 27.7 Å². The Bertz CT molecular complexity index is 847. The number of thioether (sulfide) groups is 1. The molecule has 0 aliphatic carbocycles. The van der Waals surface area contributed by atoms with Gasteiger partial charge in [-0.3, -0.25) is 24.1 Å². The molecule has 0 atom stereocenters. The molecule has 0 aromatic heterocycles. The third kappa shape index (κ3) is 6.35. The quantitative estimate of drug-likeness (QED) is 0.358. The highest BCUT2D eigenvalue weighted by molar-refractivity contribution is 8.18. The maximum absolute atomic E-state index is 12.5. The Balaban J connectivity index is 2.16. The van der Waals surface area contributed by atoms with Crippen LogP contribution in [0.2, 0.25) is 0 Å². The smallest absolute Gasteiger partial charge is 0.326 e. The van der Waals surface area contributed by atoms with Crippen LogP contribution >= 0.6 is 11.8 Å². The second-order valence-electron chi connectivity index (χ2n) is 6.58. The van der Waals surface area contributed by atoms with Crippen molar-refractivity contribution >= 4 is 40.9 Å². The minimum atomic E-state index is -0.633. The summed E-state index contributed by atoms with van der Waals surface area (Å²) in [5, 5.41) is -0.538. The molecule has 0 radical (unpaired) electrons. The summed E-state index contributed by atoms with van der Waals surface area (Å²) in [5.74, 6) is -0.923. The van der Waals surface area contributed by atoms with Crippen molar-refractivity contribution in [2.24, 2.45) is 5.92 Å². The molecule has 156 valence electrons. The molecule has 0 N–H and O–H groups in total. The zero-order valence-corrected chi connectivity index (χ0v) is 17.5. The fraction of sp³-hybridized carbons (Fsp3) is 0.400.